The fraction of sp³-hybridized carbons (Fsp3) is 0.167. The van der Waals surface area contributed by atoms with Gasteiger partial charge in [-0.25, -0.2) is 15.0 Å². The van der Waals surface area contributed by atoms with E-state index in [1.165, 1.54) is 18.6 Å². The summed E-state index contributed by atoms with van der Waals surface area (Å²) in [6.45, 7) is 2.41. The number of carbonyl (C=O) groups is 1. The monoisotopic (exact) mass is 278 g/mol. The molecule has 2 rings (SSSR count). The van der Waals surface area contributed by atoms with Crippen molar-refractivity contribution >= 4 is 23.2 Å². The molecule has 0 unspecified atom stereocenters. The van der Waals surface area contributed by atoms with Gasteiger partial charge in [0, 0.05) is 6.07 Å². The van der Waals surface area contributed by atoms with Gasteiger partial charge in [-0.3, -0.25) is 4.79 Å². The van der Waals surface area contributed by atoms with Crippen LogP contribution in [0.15, 0.2) is 30.7 Å². The minimum absolute atomic E-state index is 0.179. The Morgan fingerprint density at radius 2 is 2.11 bits per heavy atom. The van der Waals surface area contributed by atoms with E-state index in [1.807, 2.05) is 6.92 Å². The molecule has 0 aromatic carbocycles. The molecule has 0 bridgehead atoms. The molecule has 98 valence electrons. The second-order valence-corrected chi connectivity index (χ2v) is 3.88. The van der Waals surface area contributed by atoms with Crippen LogP contribution in [-0.2, 0) is 0 Å². The number of anilines is 1. The number of nitrogens with one attached hydrogen (secondary N) is 1. The van der Waals surface area contributed by atoms with Crippen LogP contribution >= 0.6 is 11.6 Å². The highest BCUT2D eigenvalue weighted by atomic mass is 35.5. The van der Waals surface area contributed by atoms with Gasteiger partial charge >= 0.3 is 0 Å². The standard InChI is InChI=1S/C12H11ClN4O2/c1-2-19-11-4-3-8(5-16-11)17-12(18)9-6-15-10(13)7-14-9/h3-7H,2H2,1H3,(H,17,18). The Kier molecular flexibility index (Phi) is 4.25. The molecule has 0 saturated heterocycles. The van der Waals surface area contributed by atoms with Crippen molar-refractivity contribution in [1.82, 2.24) is 15.0 Å². The first-order chi connectivity index (χ1) is 9.19. The Bertz CT molecular complexity index is 557. The molecule has 19 heavy (non-hydrogen) atoms. The van der Waals surface area contributed by atoms with Crippen LogP contribution in [0.25, 0.3) is 0 Å². The molecule has 0 atom stereocenters. The second-order valence-electron chi connectivity index (χ2n) is 3.50. The fourth-order valence-corrected chi connectivity index (χ4v) is 1.41. The van der Waals surface area contributed by atoms with Gasteiger partial charge in [0.15, 0.2) is 0 Å². The van der Waals surface area contributed by atoms with E-state index in [2.05, 4.69) is 20.3 Å². The average molecular weight is 279 g/mol. The van der Waals surface area contributed by atoms with Crippen LogP contribution in [0.4, 0.5) is 5.69 Å². The molecule has 0 aliphatic carbocycles. The molecular formula is C12H11ClN4O2. The summed E-state index contributed by atoms with van der Waals surface area (Å²) in [6.07, 6.45) is 4.12. The maximum absolute atomic E-state index is 11.8. The second kappa shape index (κ2) is 6.10. The van der Waals surface area contributed by atoms with Crippen LogP contribution in [0.1, 0.15) is 17.4 Å². The third-order valence-corrected chi connectivity index (χ3v) is 2.33. The molecule has 7 heteroatoms. The Morgan fingerprint density at radius 1 is 1.26 bits per heavy atom. The van der Waals surface area contributed by atoms with Crippen LogP contribution in [0.2, 0.25) is 5.15 Å². The molecule has 2 aromatic heterocycles. The van der Waals surface area contributed by atoms with E-state index in [0.717, 1.165) is 0 Å². The van der Waals surface area contributed by atoms with E-state index in [4.69, 9.17) is 16.3 Å². The number of halogens is 1. The number of pyridine rings is 1. The van der Waals surface area contributed by atoms with Gasteiger partial charge < -0.3 is 10.1 Å². The van der Waals surface area contributed by atoms with Crippen molar-refractivity contribution < 1.29 is 9.53 Å². The van der Waals surface area contributed by atoms with E-state index >= 15 is 0 Å². The van der Waals surface area contributed by atoms with Crippen LogP contribution in [0.3, 0.4) is 0 Å². The Labute approximate surface area is 114 Å². The van der Waals surface area contributed by atoms with Gasteiger partial charge in [-0.05, 0) is 13.0 Å². The number of nitrogens with zero attached hydrogens (tertiary/aromatic N) is 3. The van der Waals surface area contributed by atoms with Crippen LogP contribution < -0.4 is 10.1 Å². The molecule has 0 aliphatic heterocycles. The van der Waals surface area contributed by atoms with E-state index in [9.17, 15) is 4.79 Å². The predicted molar refractivity (Wildman–Crippen MR) is 70.4 cm³/mol. The molecule has 0 radical (unpaired) electrons. The molecule has 0 saturated carbocycles. The summed E-state index contributed by atoms with van der Waals surface area (Å²) in [5.41, 5.74) is 0.725. The molecule has 0 spiro atoms. The first-order valence-corrected chi connectivity index (χ1v) is 5.94. The van der Waals surface area contributed by atoms with Gasteiger partial charge in [-0.15, -0.1) is 0 Å². The lowest BCUT2D eigenvalue weighted by Crippen LogP contribution is -2.14. The zero-order valence-corrected chi connectivity index (χ0v) is 10.9. The van der Waals surface area contributed by atoms with E-state index < -0.39 is 0 Å². The predicted octanol–water partition coefficient (Wildman–Crippen LogP) is 2.18. The highest BCUT2D eigenvalue weighted by Crippen LogP contribution is 2.12. The molecule has 0 aliphatic rings. The number of ether oxygens (including phenoxy) is 1. The van der Waals surface area contributed by atoms with Crippen molar-refractivity contribution in [3.63, 3.8) is 0 Å². The summed E-state index contributed by atoms with van der Waals surface area (Å²) in [4.78, 5) is 23.5. The number of rotatable bonds is 4. The minimum Gasteiger partial charge on any atom is -0.478 e. The molecule has 2 aromatic rings. The normalized spacial score (nSPS) is 10.0. The quantitative estimate of drug-likeness (QED) is 0.927. The van der Waals surface area contributed by atoms with E-state index in [-0.39, 0.29) is 16.8 Å². The lowest BCUT2D eigenvalue weighted by Gasteiger charge is -2.05. The number of aromatic nitrogens is 3. The van der Waals surface area contributed by atoms with Gasteiger partial charge in [-0.1, -0.05) is 11.6 Å². The lowest BCUT2D eigenvalue weighted by molar-refractivity contribution is 0.102. The number of carbonyl (C=O) groups excluding carboxylic acids is 1. The highest BCUT2D eigenvalue weighted by Gasteiger charge is 2.08. The lowest BCUT2D eigenvalue weighted by atomic mass is 10.3. The van der Waals surface area contributed by atoms with Crippen molar-refractivity contribution in [3.05, 3.63) is 41.6 Å². The molecule has 2 heterocycles. The minimum atomic E-state index is -0.380. The van der Waals surface area contributed by atoms with Gasteiger partial charge in [0.05, 0.1) is 30.9 Å². The molecular weight excluding hydrogens is 268 g/mol. The first-order valence-electron chi connectivity index (χ1n) is 5.57. The largest absolute Gasteiger partial charge is 0.478 e. The number of hydrogen-bond acceptors (Lipinski definition) is 5. The maximum atomic E-state index is 11.8. The summed E-state index contributed by atoms with van der Waals surface area (Å²) in [5, 5.41) is 2.88. The topological polar surface area (TPSA) is 77.0 Å². The first kappa shape index (κ1) is 13.2. The Balaban J connectivity index is 2.04. The molecule has 1 N–H and O–H groups in total. The van der Waals surface area contributed by atoms with Gasteiger partial charge in [0.2, 0.25) is 5.88 Å². The summed E-state index contributed by atoms with van der Waals surface area (Å²) in [6, 6.07) is 3.37. The average Bonchev–Trinajstić information content (AvgIpc) is 2.42. The Morgan fingerprint density at radius 3 is 2.68 bits per heavy atom. The van der Waals surface area contributed by atoms with E-state index in [1.54, 1.807) is 12.1 Å². The summed E-state index contributed by atoms with van der Waals surface area (Å²) >= 11 is 5.59. The van der Waals surface area contributed by atoms with Crippen LogP contribution in [-0.4, -0.2) is 27.5 Å². The van der Waals surface area contributed by atoms with Crippen molar-refractivity contribution in [3.8, 4) is 5.88 Å². The van der Waals surface area contributed by atoms with Crippen molar-refractivity contribution in [2.24, 2.45) is 0 Å². The van der Waals surface area contributed by atoms with Crippen LogP contribution in [0.5, 0.6) is 5.88 Å². The highest BCUT2D eigenvalue weighted by molar-refractivity contribution is 6.29. The van der Waals surface area contributed by atoms with Gasteiger partial charge in [-0.2, -0.15) is 0 Å². The zero-order valence-electron chi connectivity index (χ0n) is 10.1. The summed E-state index contributed by atoms with van der Waals surface area (Å²) in [5.74, 6) is 0.127. The molecule has 0 fully saturated rings. The Hall–Kier alpha value is -2.21. The summed E-state index contributed by atoms with van der Waals surface area (Å²) in [7, 11) is 0. The van der Waals surface area contributed by atoms with E-state index in [0.29, 0.717) is 18.2 Å². The third kappa shape index (κ3) is 3.62. The fourth-order valence-electron chi connectivity index (χ4n) is 1.31. The summed E-state index contributed by atoms with van der Waals surface area (Å²) < 4.78 is 5.20. The number of hydrogen-bond donors (Lipinski definition) is 1. The van der Waals surface area contributed by atoms with Crippen molar-refractivity contribution in [1.29, 1.82) is 0 Å². The SMILES string of the molecule is CCOc1ccc(NC(=O)c2cnc(Cl)cn2)cn1. The smallest absolute Gasteiger partial charge is 0.275 e. The zero-order chi connectivity index (χ0) is 13.7. The molecule has 1 amide bonds. The van der Waals surface area contributed by atoms with Gasteiger partial charge in [0.25, 0.3) is 5.91 Å². The molecule has 6 nitrogen and oxygen atoms in total. The third-order valence-electron chi connectivity index (χ3n) is 2.14. The van der Waals surface area contributed by atoms with Crippen molar-refractivity contribution in [2.45, 2.75) is 6.92 Å². The van der Waals surface area contributed by atoms with Crippen molar-refractivity contribution in [2.75, 3.05) is 11.9 Å². The maximum Gasteiger partial charge on any atom is 0.275 e. The number of amides is 1. The van der Waals surface area contributed by atoms with Crippen LogP contribution in [0, 0.1) is 0 Å². The van der Waals surface area contributed by atoms with Gasteiger partial charge in [0.1, 0.15) is 10.8 Å².